The smallest absolute Gasteiger partial charge is 0.266 e. The molecule has 2 aromatic rings. The number of hydrogen-bond donors (Lipinski definition) is 3. The number of phenols is 1. The Bertz CT molecular complexity index is 1180. The van der Waals surface area contributed by atoms with E-state index < -0.39 is 5.60 Å². The Hall–Kier alpha value is -3.26. The van der Waals surface area contributed by atoms with Crippen molar-refractivity contribution in [2.45, 2.75) is 73.0 Å². The molecule has 1 saturated heterocycles. The van der Waals surface area contributed by atoms with Crippen molar-refractivity contribution < 1.29 is 19.4 Å². The largest absolute Gasteiger partial charge is 0.508 e. The third-order valence-corrected chi connectivity index (χ3v) is 7.60. The van der Waals surface area contributed by atoms with E-state index in [1.807, 2.05) is 40.8 Å². The SMILES string of the molecule is Cc1cc(NC(=O)CN2CCC(N(C)C(=O)C(C)(C)Oc3cc(C)c(N)c(C)c3C)CC2)c(C)cc1O. The number of phenolic OH excluding ortho intramolecular Hbond substituents is 1. The highest BCUT2D eigenvalue weighted by atomic mass is 16.5. The fraction of sp³-hybridized carbons (Fsp3) is 0.517. The topological polar surface area (TPSA) is 108 Å². The minimum atomic E-state index is -1.04. The third-order valence-electron chi connectivity index (χ3n) is 7.60. The molecule has 1 heterocycles. The van der Waals surface area contributed by atoms with Gasteiger partial charge in [0.1, 0.15) is 11.5 Å². The number of aromatic hydroxyl groups is 1. The van der Waals surface area contributed by atoms with Gasteiger partial charge < -0.3 is 25.8 Å². The van der Waals surface area contributed by atoms with E-state index in [1.54, 1.807) is 37.8 Å². The van der Waals surface area contributed by atoms with Crippen LogP contribution in [0.3, 0.4) is 0 Å². The first-order valence-electron chi connectivity index (χ1n) is 12.9. The Morgan fingerprint density at radius 2 is 1.68 bits per heavy atom. The maximum Gasteiger partial charge on any atom is 0.266 e. The molecule has 0 aliphatic carbocycles. The van der Waals surface area contributed by atoms with Gasteiger partial charge in [-0.15, -0.1) is 0 Å². The zero-order valence-electron chi connectivity index (χ0n) is 23.5. The summed E-state index contributed by atoms with van der Waals surface area (Å²) in [4.78, 5) is 30.0. The molecular weight excluding hydrogens is 468 g/mol. The molecule has 1 aliphatic rings. The first-order valence-corrected chi connectivity index (χ1v) is 12.9. The van der Waals surface area contributed by atoms with Gasteiger partial charge in [0, 0.05) is 37.6 Å². The van der Waals surface area contributed by atoms with E-state index in [4.69, 9.17) is 10.5 Å². The van der Waals surface area contributed by atoms with Crippen molar-refractivity contribution in [2.24, 2.45) is 0 Å². The maximum absolute atomic E-state index is 13.4. The average Bonchev–Trinajstić information content (AvgIpc) is 2.84. The van der Waals surface area contributed by atoms with Crippen molar-refractivity contribution in [2.75, 3.05) is 37.7 Å². The van der Waals surface area contributed by atoms with Crippen molar-refractivity contribution in [3.8, 4) is 11.5 Å². The molecule has 0 aromatic heterocycles. The number of nitrogens with zero attached hydrogens (tertiary/aromatic N) is 2. The van der Waals surface area contributed by atoms with Gasteiger partial charge in [-0.05, 0) is 107 Å². The standard InChI is InChI=1S/C29H42N4O4/c1-17-14-24(34)18(2)13-23(17)31-26(35)16-33-11-9-22(10-12-33)32(8)28(36)29(6,7)37-25-15-19(3)27(30)21(5)20(25)4/h13-15,22,34H,9-12,16,30H2,1-8H3,(H,31,35). The Labute approximate surface area is 220 Å². The van der Waals surface area contributed by atoms with Crippen LogP contribution in [0.15, 0.2) is 18.2 Å². The summed E-state index contributed by atoms with van der Waals surface area (Å²) in [6.07, 6.45) is 1.56. The van der Waals surface area contributed by atoms with Gasteiger partial charge in [-0.25, -0.2) is 0 Å². The number of ether oxygens (including phenoxy) is 1. The number of likely N-dealkylation sites (N-methyl/N-ethyl adjacent to an activating group) is 1. The Morgan fingerprint density at radius 1 is 1.05 bits per heavy atom. The molecule has 3 rings (SSSR count). The fourth-order valence-electron chi connectivity index (χ4n) is 4.87. The molecular formula is C29H42N4O4. The minimum absolute atomic E-state index is 0.0756. The number of benzene rings is 2. The summed E-state index contributed by atoms with van der Waals surface area (Å²) < 4.78 is 6.25. The highest BCUT2D eigenvalue weighted by Gasteiger charge is 2.37. The van der Waals surface area contributed by atoms with Crippen molar-refractivity contribution in [1.29, 1.82) is 0 Å². The molecule has 202 valence electrons. The van der Waals surface area contributed by atoms with Gasteiger partial charge in [-0.3, -0.25) is 14.5 Å². The lowest BCUT2D eigenvalue weighted by Gasteiger charge is -2.39. The summed E-state index contributed by atoms with van der Waals surface area (Å²) in [5.74, 6) is 0.734. The van der Waals surface area contributed by atoms with E-state index in [0.29, 0.717) is 11.4 Å². The predicted molar refractivity (Wildman–Crippen MR) is 148 cm³/mol. The number of carbonyl (C=O) groups excluding carboxylic acids is 2. The van der Waals surface area contributed by atoms with E-state index >= 15 is 0 Å². The summed E-state index contributed by atoms with van der Waals surface area (Å²) in [6.45, 7) is 14.9. The second-order valence-electron chi connectivity index (χ2n) is 10.9. The number of anilines is 2. The molecule has 0 radical (unpaired) electrons. The molecule has 4 N–H and O–H groups in total. The number of rotatable bonds is 7. The molecule has 0 unspecified atom stereocenters. The second kappa shape index (κ2) is 11.0. The van der Waals surface area contributed by atoms with Crippen LogP contribution < -0.4 is 15.8 Å². The number of nitrogens with one attached hydrogen (secondary N) is 1. The van der Waals surface area contributed by atoms with Crippen LogP contribution in [0.4, 0.5) is 11.4 Å². The molecule has 0 bridgehead atoms. The summed E-state index contributed by atoms with van der Waals surface area (Å²) >= 11 is 0. The number of hydrogen-bond acceptors (Lipinski definition) is 6. The third kappa shape index (κ3) is 6.36. The summed E-state index contributed by atoms with van der Waals surface area (Å²) in [5.41, 5.74) is 11.0. The minimum Gasteiger partial charge on any atom is -0.508 e. The lowest BCUT2D eigenvalue weighted by molar-refractivity contribution is -0.147. The molecule has 1 fully saturated rings. The van der Waals surface area contributed by atoms with E-state index in [2.05, 4.69) is 10.2 Å². The summed E-state index contributed by atoms with van der Waals surface area (Å²) in [5, 5.41) is 12.8. The van der Waals surface area contributed by atoms with Crippen molar-refractivity contribution in [3.05, 3.63) is 46.0 Å². The first-order chi connectivity index (χ1) is 17.2. The van der Waals surface area contributed by atoms with Gasteiger partial charge in [0.15, 0.2) is 5.60 Å². The van der Waals surface area contributed by atoms with E-state index in [-0.39, 0.29) is 30.2 Å². The molecule has 37 heavy (non-hydrogen) atoms. The molecule has 8 heteroatoms. The molecule has 8 nitrogen and oxygen atoms in total. The van der Waals surface area contributed by atoms with Gasteiger partial charge >= 0.3 is 0 Å². The lowest BCUT2D eigenvalue weighted by atomic mass is 9.99. The van der Waals surface area contributed by atoms with Crippen molar-refractivity contribution in [3.63, 3.8) is 0 Å². The molecule has 0 atom stereocenters. The number of aryl methyl sites for hydroxylation is 3. The van der Waals surface area contributed by atoms with E-state index in [1.165, 1.54) is 0 Å². The van der Waals surface area contributed by atoms with Crippen LogP contribution in [0.2, 0.25) is 0 Å². The van der Waals surface area contributed by atoms with Gasteiger partial charge in [0.25, 0.3) is 5.91 Å². The molecule has 1 aliphatic heterocycles. The number of piperidine rings is 1. The Balaban J connectivity index is 1.56. The van der Waals surface area contributed by atoms with Crippen LogP contribution in [-0.4, -0.2) is 65.0 Å². The number of likely N-dealkylation sites (tertiary alicyclic amines) is 1. The Kier molecular flexibility index (Phi) is 8.42. The number of amides is 2. The van der Waals surface area contributed by atoms with Crippen molar-refractivity contribution in [1.82, 2.24) is 9.80 Å². The molecule has 0 spiro atoms. The molecule has 2 aromatic carbocycles. The predicted octanol–water partition coefficient (Wildman–Crippen LogP) is 4.24. The second-order valence-corrected chi connectivity index (χ2v) is 10.9. The normalized spacial score (nSPS) is 14.9. The molecule has 0 saturated carbocycles. The number of nitrogen functional groups attached to an aromatic ring is 1. The summed E-state index contributed by atoms with van der Waals surface area (Å²) in [7, 11) is 1.84. The van der Waals surface area contributed by atoms with Crippen LogP contribution in [0.5, 0.6) is 11.5 Å². The molecule has 2 amide bonds. The summed E-state index contributed by atoms with van der Waals surface area (Å²) in [6, 6.07) is 5.42. The fourth-order valence-corrected chi connectivity index (χ4v) is 4.87. The van der Waals surface area contributed by atoms with E-state index in [9.17, 15) is 14.7 Å². The maximum atomic E-state index is 13.4. The van der Waals surface area contributed by atoms with Gasteiger partial charge in [0.05, 0.1) is 6.54 Å². The van der Waals surface area contributed by atoms with Crippen molar-refractivity contribution >= 4 is 23.2 Å². The average molecular weight is 511 g/mol. The number of carbonyl (C=O) groups is 2. The number of nitrogens with two attached hydrogens (primary N) is 1. The van der Waals surface area contributed by atoms with Crippen LogP contribution in [0, 0.1) is 34.6 Å². The zero-order valence-corrected chi connectivity index (χ0v) is 23.5. The van der Waals surface area contributed by atoms with Gasteiger partial charge in [-0.2, -0.15) is 0 Å². The van der Waals surface area contributed by atoms with Crippen LogP contribution in [0.25, 0.3) is 0 Å². The highest BCUT2D eigenvalue weighted by molar-refractivity contribution is 5.93. The quantitative estimate of drug-likeness (QED) is 0.380. The van der Waals surface area contributed by atoms with Crippen LogP contribution in [0.1, 0.15) is 54.5 Å². The Morgan fingerprint density at radius 3 is 2.30 bits per heavy atom. The van der Waals surface area contributed by atoms with Crippen LogP contribution >= 0.6 is 0 Å². The zero-order chi connectivity index (χ0) is 27.7. The lowest BCUT2D eigenvalue weighted by Crippen LogP contribution is -2.54. The first kappa shape index (κ1) is 28.3. The highest BCUT2D eigenvalue weighted by Crippen LogP contribution is 2.32. The monoisotopic (exact) mass is 510 g/mol. The van der Waals surface area contributed by atoms with Gasteiger partial charge in [-0.1, -0.05) is 0 Å². The van der Waals surface area contributed by atoms with E-state index in [0.717, 1.165) is 59.4 Å². The van der Waals surface area contributed by atoms with Crippen LogP contribution in [-0.2, 0) is 9.59 Å². The van der Waals surface area contributed by atoms with Gasteiger partial charge in [0.2, 0.25) is 5.91 Å².